The normalized spacial score (nSPS) is 19.4. The summed E-state index contributed by atoms with van der Waals surface area (Å²) in [6.07, 6.45) is 3.70. The molecule has 4 heteroatoms. The summed E-state index contributed by atoms with van der Waals surface area (Å²) in [5.74, 6) is 0.824. The van der Waals surface area contributed by atoms with Gasteiger partial charge in [0.25, 0.3) is 0 Å². The lowest BCUT2D eigenvalue weighted by atomic mass is 9.90. The van der Waals surface area contributed by atoms with Crippen LogP contribution in [0.3, 0.4) is 0 Å². The zero-order valence-electron chi connectivity index (χ0n) is 10.2. The van der Waals surface area contributed by atoms with Gasteiger partial charge in [-0.3, -0.25) is 0 Å². The first-order valence-corrected chi connectivity index (χ1v) is 8.30. The van der Waals surface area contributed by atoms with E-state index in [2.05, 4.69) is 46.3 Å². The summed E-state index contributed by atoms with van der Waals surface area (Å²) in [6, 6.07) is 2.85. The Labute approximate surface area is 121 Å². The van der Waals surface area contributed by atoms with Gasteiger partial charge in [-0.15, -0.1) is 11.3 Å². The largest absolute Gasteiger partial charge is 0.381 e. The van der Waals surface area contributed by atoms with Crippen molar-refractivity contribution in [2.45, 2.75) is 32.2 Å². The van der Waals surface area contributed by atoms with E-state index in [9.17, 15) is 0 Å². The Morgan fingerprint density at radius 2 is 2.29 bits per heavy atom. The van der Waals surface area contributed by atoms with Crippen molar-refractivity contribution in [3.63, 3.8) is 0 Å². The van der Waals surface area contributed by atoms with Crippen LogP contribution in [-0.4, -0.2) is 19.8 Å². The quantitative estimate of drug-likeness (QED) is 0.801. The molecule has 0 radical (unpaired) electrons. The molecule has 96 valence electrons. The van der Waals surface area contributed by atoms with Crippen LogP contribution < -0.4 is 5.32 Å². The molecular formula is C13H20INOS. The Bertz CT molecular complexity index is 336. The predicted octanol–water partition coefficient (Wildman–Crippen LogP) is 3.82. The molecule has 0 spiro atoms. The van der Waals surface area contributed by atoms with E-state index >= 15 is 0 Å². The van der Waals surface area contributed by atoms with E-state index < -0.39 is 0 Å². The van der Waals surface area contributed by atoms with Crippen LogP contribution in [0.4, 0.5) is 0 Å². The first kappa shape index (κ1) is 13.8. The van der Waals surface area contributed by atoms with E-state index in [-0.39, 0.29) is 0 Å². The second-order valence-electron chi connectivity index (χ2n) is 4.59. The van der Waals surface area contributed by atoms with Gasteiger partial charge >= 0.3 is 0 Å². The standard InChI is InChI=1S/C13H20INOS/c1-2-15-12(11-8-13(14)17-9-11)7-10-3-5-16-6-4-10/h8-10,12,15H,2-7H2,1H3. The summed E-state index contributed by atoms with van der Waals surface area (Å²) in [5, 5.41) is 5.92. The lowest BCUT2D eigenvalue weighted by Crippen LogP contribution is -2.26. The van der Waals surface area contributed by atoms with Crippen LogP contribution in [-0.2, 0) is 4.74 Å². The van der Waals surface area contributed by atoms with Crippen molar-refractivity contribution in [2.75, 3.05) is 19.8 Å². The van der Waals surface area contributed by atoms with Gasteiger partial charge in [-0.2, -0.15) is 0 Å². The number of hydrogen-bond donors (Lipinski definition) is 1. The molecule has 1 unspecified atom stereocenters. The Morgan fingerprint density at radius 3 is 2.88 bits per heavy atom. The molecular weight excluding hydrogens is 345 g/mol. The van der Waals surface area contributed by atoms with E-state index in [4.69, 9.17) is 4.74 Å². The summed E-state index contributed by atoms with van der Waals surface area (Å²) in [6.45, 7) is 5.13. The summed E-state index contributed by atoms with van der Waals surface area (Å²) < 4.78 is 6.81. The highest BCUT2D eigenvalue weighted by atomic mass is 127. The average molecular weight is 365 g/mol. The minimum atomic E-state index is 0.530. The molecule has 1 fully saturated rings. The highest BCUT2D eigenvalue weighted by Crippen LogP contribution is 2.30. The van der Waals surface area contributed by atoms with Gasteiger partial charge in [0.2, 0.25) is 0 Å². The maximum absolute atomic E-state index is 5.43. The SMILES string of the molecule is CCNC(CC1CCOCC1)c1csc(I)c1. The number of thiophene rings is 1. The summed E-state index contributed by atoms with van der Waals surface area (Å²) in [5.41, 5.74) is 1.47. The fourth-order valence-corrected chi connectivity index (χ4v) is 3.83. The van der Waals surface area contributed by atoms with Gasteiger partial charge in [-0.25, -0.2) is 0 Å². The van der Waals surface area contributed by atoms with E-state index in [1.54, 1.807) is 0 Å². The highest BCUT2D eigenvalue weighted by Gasteiger charge is 2.20. The second kappa shape index (κ2) is 7.07. The molecule has 1 aromatic heterocycles. The van der Waals surface area contributed by atoms with E-state index in [0.29, 0.717) is 6.04 Å². The molecule has 17 heavy (non-hydrogen) atoms. The molecule has 2 heterocycles. The number of nitrogens with one attached hydrogen (secondary N) is 1. The maximum atomic E-state index is 5.43. The van der Waals surface area contributed by atoms with Gasteiger partial charge in [-0.05, 0) is 71.3 Å². The molecule has 2 rings (SSSR count). The Hall–Kier alpha value is 0.350. The maximum Gasteiger partial charge on any atom is 0.0656 e. The fourth-order valence-electron chi connectivity index (χ4n) is 2.41. The predicted molar refractivity (Wildman–Crippen MR) is 81.6 cm³/mol. The van der Waals surface area contributed by atoms with Crippen molar-refractivity contribution < 1.29 is 4.74 Å². The molecule has 0 amide bonds. The zero-order chi connectivity index (χ0) is 12.1. The Morgan fingerprint density at radius 1 is 1.53 bits per heavy atom. The zero-order valence-corrected chi connectivity index (χ0v) is 13.2. The summed E-state index contributed by atoms with van der Waals surface area (Å²) >= 11 is 4.25. The van der Waals surface area contributed by atoms with Gasteiger partial charge < -0.3 is 10.1 Å². The van der Waals surface area contributed by atoms with Gasteiger partial charge in [0.15, 0.2) is 0 Å². The van der Waals surface area contributed by atoms with Gasteiger partial charge in [0.05, 0.1) is 2.88 Å². The Balaban J connectivity index is 1.96. The number of rotatable bonds is 5. The monoisotopic (exact) mass is 365 g/mol. The average Bonchev–Trinajstić information content (AvgIpc) is 2.77. The lowest BCUT2D eigenvalue weighted by Gasteiger charge is -2.26. The van der Waals surface area contributed by atoms with Crippen molar-refractivity contribution in [2.24, 2.45) is 5.92 Å². The number of halogens is 1. The summed E-state index contributed by atoms with van der Waals surface area (Å²) in [4.78, 5) is 0. The van der Waals surface area contributed by atoms with Gasteiger partial charge in [-0.1, -0.05) is 6.92 Å². The molecule has 0 saturated carbocycles. The molecule has 0 bridgehead atoms. The van der Waals surface area contributed by atoms with Crippen LogP contribution in [0.5, 0.6) is 0 Å². The van der Waals surface area contributed by atoms with Crippen molar-refractivity contribution in [3.05, 3.63) is 19.9 Å². The Kier molecular flexibility index (Phi) is 5.72. The molecule has 0 aliphatic carbocycles. The minimum Gasteiger partial charge on any atom is -0.381 e. The molecule has 1 aromatic rings. The van der Waals surface area contributed by atoms with Crippen LogP contribution in [0.2, 0.25) is 0 Å². The molecule has 0 aromatic carbocycles. The van der Waals surface area contributed by atoms with Crippen molar-refractivity contribution >= 4 is 33.9 Å². The van der Waals surface area contributed by atoms with Gasteiger partial charge in [0, 0.05) is 19.3 Å². The highest BCUT2D eigenvalue weighted by molar-refractivity contribution is 14.1. The second-order valence-corrected chi connectivity index (χ2v) is 7.39. The summed E-state index contributed by atoms with van der Waals surface area (Å²) in [7, 11) is 0. The van der Waals surface area contributed by atoms with Crippen LogP contribution in [0.25, 0.3) is 0 Å². The van der Waals surface area contributed by atoms with Crippen molar-refractivity contribution in [3.8, 4) is 0 Å². The smallest absolute Gasteiger partial charge is 0.0656 e. The first-order valence-electron chi connectivity index (χ1n) is 6.34. The molecule has 1 atom stereocenters. The third-order valence-electron chi connectivity index (χ3n) is 3.35. The van der Waals surface area contributed by atoms with Crippen LogP contribution >= 0.6 is 33.9 Å². The molecule has 1 aliphatic heterocycles. The topological polar surface area (TPSA) is 21.3 Å². The number of ether oxygens (including phenoxy) is 1. The number of hydrogen-bond acceptors (Lipinski definition) is 3. The first-order chi connectivity index (χ1) is 8.29. The third kappa shape index (κ3) is 4.19. The minimum absolute atomic E-state index is 0.530. The van der Waals surface area contributed by atoms with E-state index in [0.717, 1.165) is 25.7 Å². The van der Waals surface area contributed by atoms with Crippen molar-refractivity contribution in [1.29, 1.82) is 0 Å². The van der Waals surface area contributed by atoms with Crippen LogP contribution in [0.1, 0.15) is 37.8 Å². The lowest BCUT2D eigenvalue weighted by molar-refractivity contribution is 0.0606. The molecule has 1 saturated heterocycles. The molecule has 1 N–H and O–H groups in total. The van der Waals surface area contributed by atoms with E-state index in [1.807, 2.05) is 11.3 Å². The van der Waals surface area contributed by atoms with E-state index in [1.165, 1.54) is 27.7 Å². The van der Waals surface area contributed by atoms with Crippen LogP contribution in [0.15, 0.2) is 11.4 Å². The van der Waals surface area contributed by atoms with Crippen molar-refractivity contribution in [1.82, 2.24) is 5.32 Å². The third-order valence-corrected chi connectivity index (χ3v) is 5.16. The molecule has 1 aliphatic rings. The van der Waals surface area contributed by atoms with Gasteiger partial charge in [0.1, 0.15) is 0 Å². The van der Waals surface area contributed by atoms with Crippen LogP contribution in [0, 0.1) is 8.80 Å². The fraction of sp³-hybridized carbons (Fsp3) is 0.692. The molecule has 2 nitrogen and oxygen atoms in total.